The first-order valence-electron chi connectivity index (χ1n) is 7.59. The van der Waals surface area contributed by atoms with E-state index in [1.165, 1.54) is 3.97 Å². The monoisotopic (exact) mass is 375 g/mol. The van der Waals surface area contributed by atoms with E-state index in [-0.39, 0.29) is 12.5 Å². The zero-order chi connectivity index (χ0) is 17.4. The highest BCUT2D eigenvalue weighted by Gasteiger charge is 2.15. The SMILES string of the molecule is O=S(=O)(CC=Cc1ccc2c(c1)OCO2)n1ccc2cc(Cl)ccc21. The van der Waals surface area contributed by atoms with Crippen LogP contribution in [0, 0.1) is 0 Å². The van der Waals surface area contributed by atoms with Crippen LogP contribution in [0.15, 0.2) is 54.7 Å². The topological polar surface area (TPSA) is 57.5 Å². The predicted octanol–water partition coefficient (Wildman–Crippen LogP) is 3.91. The summed E-state index contributed by atoms with van der Waals surface area (Å²) in [6.07, 6.45) is 4.92. The molecule has 7 heteroatoms. The Morgan fingerprint density at radius 1 is 1.08 bits per heavy atom. The van der Waals surface area contributed by atoms with E-state index in [1.807, 2.05) is 12.1 Å². The quantitative estimate of drug-likeness (QED) is 0.693. The number of benzene rings is 2. The van der Waals surface area contributed by atoms with Gasteiger partial charge in [0, 0.05) is 16.6 Å². The van der Waals surface area contributed by atoms with Gasteiger partial charge in [-0.1, -0.05) is 29.8 Å². The van der Waals surface area contributed by atoms with Gasteiger partial charge < -0.3 is 9.47 Å². The molecule has 0 saturated carbocycles. The van der Waals surface area contributed by atoms with Crippen LogP contribution in [0.2, 0.25) is 5.02 Å². The maximum Gasteiger partial charge on any atom is 0.242 e. The van der Waals surface area contributed by atoms with E-state index >= 15 is 0 Å². The van der Waals surface area contributed by atoms with Crippen LogP contribution in [0.3, 0.4) is 0 Å². The molecule has 0 amide bonds. The second kappa shape index (κ2) is 6.13. The summed E-state index contributed by atoms with van der Waals surface area (Å²) >= 11 is 5.94. The van der Waals surface area contributed by atoms with Crippen molar-refractivity contribution in [3.63, 3.8) is 0 Å². The Labute approximate surface area is 150 Å². The number of hydrogen-bond acceptors (Lipinski definition) is 4. The third kappa shape index (κ3) is 3.10. The number of rotatable bonds is 4. The summed E-state index contributed by atoms with van der Waals surface area (Å²) in [6.45, 7) is 0.210. The van der Waals surface area contributed by atoms with Crippen LogP contribution < -0.4 is 9.47 Å². The second-order valence-electron chi connectivity index (χ2n) is 5.61. The molecule has 0 bridgehead atoms. The average molecular weight is 376 g/mol. The van der Waals surface area contributed by atoms with Crippen LogP contribution in [0.1, 0.15) is 5.56 Å². The van der Waals surface area contributed by atoms with Crippen molar-refractivity contribution in [2.45, 2.75) is 0 Å². The van der Waals surface area contributed by atoms with Crippen molar-refractivity contribution in [1.29, 1.82) is 0 Å². The fourth-order valence-corrected chi connectivity index (χ4v) is 4.13. The van der Waals surface area contributed by atoms with Crippen molar-refractivity contribution >= 4 is 38.6 Å². The first-order valence-corrected chi connectivity index (χ1v) is 9.58. The van der Waals surface area contributed by atoms with Gasteiger partial charge in [0.2, 0.25) is 16.8 Å². The van der Waals surface area contributed by atoms with Crippen molar-refractivity contribution in [2.24, 2.45) is 0 Å². The molecule has 1 aliphatic heterocycles. The molecule has 0 unspecified atom stereocenters. The minimum Gasteiger partial charge on any atom is -0.454 e. The number of halogens is 1. The molecule has 2 heterocycles. The Bertz CT molecular complexity index is 1090. The van der Waals surface area contributed by atoms with E-state index in [0.29, 0.717) is 22.0 Å². The highest BCUT2D eigenvalue weighted by molar-refractivity contribution is 7.90. The zero-order valence-corrected chi connectivity index (χ0v) is 14.6. The Morgan fingerprint density at radius 2 is 1.92 bits per heavy atom. The standard InChI is InChI=1S/C18H14ClNO4S/c19-15-4-5-16-14(11-15)7-8-20(16)25(21,22)9-1-2-13-3-6-17-18(10-13)24-12-23-17/h1-8,10-11H,9,12H2. The number of aromatic nitrogens is 1. The van der Waals surface area contributed by atoms with E-state index in [1.54, 1.807) is 48.7 Å². The second-order valence-corrected chi connectivity index (χ2v) is 7.94. The summed E-state index contributed by atoms with van der Waals surface area (Å²) in [6, 6.07) is 12.3. The molecule has 0 atom stereocenters. The molecule has 0 fully saturated rings. The molecule has 2 aromatic carbocycles. The Kier molecular flexibility index (Phi) is 3.94. The molecular formula is C18H14ClNO4S. The van der Waals surface area contributed by atoms with Gasteiger partial charge in [-0.05, 0) is 42.0 Å². The van der Waals surface area contributed by atoms with Crippen molar-refractivity contribution in [3.8, 4) is 11.5 Å². The molecule has 4 rings (SSSR count). The summed E-state index contributed by atoms with van der Waals surface area (Å²) < 4.78 is 37.1. The van der Waals surface area contributed by atoms with Gasteiger partial charge in [0.05, 0.1) is 11.3 Å². The highest BCUT2D eigenvalue weighted by atomic mass is 35.5. The molecule has 0 radical (unpaired) electrons. The Morgan fingerprint density at radius 3 is 2.80 bits per heavy atom. The van der Waals surface area contributed by atoms with Gasteiger partial charge >= 0.3 is 0 Å². The summed E-state index contributed by atoms with van der Waals surface area (Å²) in [5.74, 6) is 1.24. The molecule has 128 valence electrons. The smallest absolute Gasteiger partial charge is 0.242 e. The molecule has 1 aromatic heterocycles. The third-order valence-electron chi connectivity index (χ3n) is 3.93. The molecule has 1 aliphatic rings. The van der Waals surface area contributed by atoms with Gasteiger partial charge in [-0.25, -0.2) is 12.4 Å². The van der Waals surface area contributed by atoms with Crippen LogP contribution in [0.4, 0.5) is 0 Å². The van der Waals surface area contributed by atoms with E-state index < -0.39 is 10.0 Å². The maximum absolute atomic E-state index is 12.6. The molecule has 3 aromatic rings. The van der Waals surface area contributed by atoms with Crippen LogP contribution in [0.25, 0.3) is 17.0 Å². The summed E-state index contributed by atoms with van der Waals surface area (Å²) in [4.78, 5) is 0. The minimum atomic E-state index is -3.51. The van der Waals surface area contributed by atoms with Crippen molar-refractivity contribution in [1.82, 2.24) is 3.97 Å². The largest absolute Gasteiger partial charge is 0.454 e. The van der Waals surface area contributed by atoms with Gasteiger partial charge in [-0.3, -0.25) is 0 Å². The van der Waals surface area contributed by atoms with Gasteiger partial charge in [0.15, 0.2) is 11.5 Å². The zero-order valence-electron chi connectivity index (χ0n) is 13.1. The molecule has 5 nitrogen and oxygen atoms in total. The predicted molar refractivity (Wildman–Crippen MR) is 97.7 cm³/mol. The lowest BCUT2D eigenvalue weighted by molar-refractivity contribution is 0.174. The number of ether oxygens (including phenoxy) is 2. The maximum atomic E-state index is 12.6. The molecule has 0 saturated heterocycles. The molecule has 0 spiro atoms. The molecule has 0 N–H and O–H groups in total. The van der Waals surface area contributed by atoms with E-state index in [2.05, 4.69) is 0 Å². The number of hydrogen-bond donors (Lipinski definition) is 0. The summed E-state index contributed by atoms with van der Waals surface area (Å²) in [5, 5.41) is 1.36. The van der Waals surface area contributed by atoms with Crippen molar-refractivity contribution in [2.75, 3.05) is 12.5 Å². The lowest BCUT2D eigenvalue weighted by Gasteiger charge is -2.05. The minimum absolute atomic E-state index is 0.117. The fraction of sp³-hybridized carbons (Fsp3) is 0.111. The van der Waals surface area contributed by atoms with Crippen LogP contribution >= 0.6 is 11.6 Å². The van der Waals surface area contributed by atoms with Crippen molar-refractivity contribution < 1.29 is 17.9 Å². The summed E-state index contributed by atoms with van der Waals surface area (Å²) in [5.41, 5.74) is 1.46. The molecular weight excluding hydrogens is 362 g/mol. The van der Waals surface area contributed by atoms with E-state index in [4.69, 9.17) is 21.1 Å². The van der Waals surface area contributed by atoms with Crippen LogP contribution in [-0.2, 0) is 10.0 Å². The van der Waals surface area contributed by atoms with Crippen LogP contribution in [-0.4, -0.2) is 24.9 Å². The van der Waals surface area contributed by atoms with E-state index in [0.717, 1.165) is 10.9 Å². The lowest BCUT2D eigenvalue weighted by Crippen LogP contribution is -2.14. The first-order chi connectivity index (χ1) is 12.0. The average Bonchev–Trinajstić information content (AvgIpc) is 3.20. The van der Waals surface area contributed by atoms with Gasteiger partial charge in [0.1, 0.15) is 0 Å². The molecule has 0 aliphatic carbocycles. The number of nitrogens with zero attached hydrogens (tertiary/aromatic N) is 1. The summed E-state index contributed by atoms with van der Waals surface area (Å²) in [7, 11) is -3.51. The third-order valence-corrected chi connectivity index (χ3v) is 5.70. The fourth-order valence-electron chi connectivity index (χ4n) is 2.73. The van der Waals surface area contributed by atoms with Gasteiger partial charge in [0.25, 0.3) is 0 Å². The Balaban J connectivity index is 1.56. The highest BCUT2D eigenvalue weighted by Crippen LogP contribution is 2.32. The Hall–Kier alpha value is -2.44. The van der Waals surface area contributed by atoms with Gasteiger partial charge in [-0.15, -0.1) is 0 Å². The molecule has 25 heavy (non-hydrogen) atoms. The number of fused-ring (bicyclic) bond motifs is 2. The normalized spacial score (nSPS) is 13.8. The van der Waals surface area contributed by atoms with Crippen molar-refractivity contribution in [3.05, 3.63) is 65.3 Å². The lowest BCUT2D eigenvalue weighted by atomic mass is 10.2. The van der Waals surface area contributed by atoms with E-state index in [9.17, 15) is 8.42 Å². The first kappa shape index (κ1) is 16.1. The van der Waals surface area contributed by atoms with Gasteiger partial charge in [-0.2, -0.15) is 0 Å². The van der Waals surface area contributed by atoms with Crippen LogP contribution in [0.5, 0.6) is 11.5 Å².